The molecule has 2 N–H and O–H groups in total. The number of benzene rings is 1. The lowest BCUT2D eigenvalue weighted by Crippen LogP contribution is -2.44. The van der Waals surface area contributed by atoms with Gasteiger partial charge < -0.3 is 15.3 Å². The Balaban J connectivity index is 1.40. The van der Waals surface area contributed by atoms with Crippen molar-refractivity contribution in [2.45, 2.75) is 24.9 Å². The van der Waals surface area contributed by atoms with Gasteiger partial charge in [0.15, 0.2) is 0 Å². The summed E-state index contributed by atoms with van der Waals surface area (Å²) in [5, 5.41) is 16.0. The number of carbonyl (C=O) groups is 2. The van der Waals surface area contributed by atoms with E-state index in [1.807, 2.05) is 47.8 Å². The Bertz CT molecular complexity index is 789. The fraction of sp³-hybridized carbons (Fsp3) is 0.400. The Labute approximate surface area is 156 Å². The highest BCUT2D eigenvalue weighted by Gasteiger charge is 2.46. The zero-order valence-electron chi connectivity index (χ0n) is 14.4. The van der Waals surface area contributed by atoms with E-state index in [-0.39, 0.29) is 36.6 Å². The zero-order valence-corrected chi connectivity index (χ0v) is 15.2. The van der Waals surface area contributed by atoms with Gasteiger partial charge in [0.05, 0.1) is 12.5 Å². The maximum Gasteiger partial charge on any atom is 0.227 e. The van der Waals surface area contributed by atoms with Gasteiger partial charge in [0, 0.05) is 23.5 Å². The van der Waals surface area contributed by atoms with Gasteiger partial charge in [-0.25, -0.2) is 0 Å². The van der Waals surface area contributed by atoms with Crippen LogP contribution in [0.15, 0.2) is 47.8 Å². The maximum absolute atomic E-state index is 12.6. The predicted octanol–water partition coefficient (Wildman–Crippen LogP) is 2.52. The van der Waals surface area contributed by atoms with Crippen LogP contribution in [0.4, 0.5) is 5.69 Å². The molecule has 6 heteroatoms. The van der Waals surface area contributed by atoms with E-state index in [0.717, 1.165) is 23.4 Å². The standard InChI is InChI=1S/C20H22N2O3S/c23-18-11-14(12-22(18)16-5-2-1-3-6-16)19(24)21-13-20(25,15-8-9-15)17-7-4-10-26-17/h1-7,10,14-15,25H,8-9,11-13H2,(H,21,24). The van der Waals surface area contributed by atoms with E-state index in [1.165, 1.54) is 11.3 Å². The van der Waals surface area contributed by atoms with Crippen molar-refractivity contribution in [3.05, 3.63) is 52.7 Å². The molecule has 1 aromatic carbocycles. The van der Waals surface area contributed by atoms with Crippen molar-refractivity contribution in [3.8, 4) is 0 Å². The number of nitrogens with one attached hydrogen (secondary N) is 1. The highest BCUT2D eigenvalue weighted by atomic mass is 32.1. The molecule has 2 fully saturated rings. The van der Waals surface area contributed by atoms with Crippen molar-refractivity contribution in [1.82, 2.24) is 5.32 Å². The predicted molar refractivity (Wildman–Crippen MR) is 101 cm³/mol. The number of anilines is 1. The summed E-state index contributed by atoms with van der Waals surface area (Å²) in [4.78, 5) is 27.5. The molecule has 0 radical (unpaired) electrons. The normalized spacial score (nSPS) is 22.3. The Hall–Kier alpha value is -2.18. The minimum atomic E-state index is -0.994. The number of carbonyl (C=O) groups excluding carboxylic acids is 2. The number of aliphatic hydroxyl groups is 1. The third kappa shape index (κ3) is 3.27. The first kappa shape index (κ1) is 17.2. The van der Waals surface area contributed by atoms with Crippen molar-refractivity contribution < 1.29 is 14.7 Å². The van der Waals surface area contributed by atoms with Crippen molar-refractivity contribution in [2.24, 2.45) is 11.8 Å². The first-order valence-electron chi connectivity index (χ1n) is 8.97. The second-order valence-corrected chi connectivity index (χ2v) is 8.08. The van der Waals surface area contributed by atoms with Crippen LogP contribution in [0.2, 0.25) is 0 Å². The van der Waals surface area contributed by atoms with Crippen LogP contribution in [0.5, 0.6) is 0 Å². The number of hydrogen-bond donors (Lipinski definition) is 2. The molecule has 2 unspecified atom stereocenters. The van der Waals surface area contributed by atoms with Gasteiger partial charge in [-0.2, -0.15) is 0 Å². The van der Waals surface area contributed by atoms with Crippen LogP contribution in [0.25, 0.3) is 0 Å². The molecule has 2 aliphatic rings. The number of para-hydroxylation sites is 1. The molecule has 4 rings (SSSR count). The molecule has 1 aromatic heterocycles. The van der Waals surface area contributed by atoms with Crippen LogP contribution >= 0.6 is 11.3 Å². The number of rotatable bonds is 6. The van der Waals surface area contributed by atoms with E-state index in [0.29, 0.717) is 6.54 Å². The van der Waals surface area contributed by atoms with Crippen molar-refractivity contribution in [1.29, 1.82) is 0 Å². The summed E-state index contributed by atoms with van der Waals surface area (Å²) in [5.74, 6) is -0.374. The van der Waals surface area contributed by atoms with Crippen LogP contribution in [0.3, 0.4) is 0 Å². The molecule has 1 aliphatic heterocycles. The van der Waals surface area contributed by atoms with Gasteiger partial charge in [-0.3, -0.25) is 9.59 Å². The SMILES string of the molecule is O=C(NCC(O)(c1cccs1)C1CC1)C1CC(=O)N(c2ccccc2)C1. The lowest BCUT2D eigenvalue weighted by Gasteiger charge is -2.28. The summed E-state index contributed by atoms with van der Waals surface area (Å²) in [5.41, 5.74) is -0.174. The summed E-state index contributed by atoms with van der Waals surface area (Å²) in [6.45, 7) is 0.586. The molecule has 5 nitrogen and oxygen atoms in total. The largest absolute Gasteiger partial charge is 0.382 e. The van der Waals surface area contributed by atoms with E-state index in [1.54, 1.807) is 4.90 Å². The molecule has 1 aliphatic carbocycles. The highest BCUT2D eigenvalue weighted by Crippen LogP contribution is 2.46. The average Bonchev–Trinajstić information content (AvgIpc) is 3.23. The Morgan fingerprint density at radius 2 is 2.00 bits per heavy atom. The monoisotopic (exact) mass is 370 g/mol. The molecule has 0 bridgehead atoms. The van der Waals surface area contributed by atoms with Crippen molar-refractivity contribution in [3.63, 3.8) is 0 Å². The Morgan fingerprint density at radius 3 is 2.65 bits per heavy atom. The first-order valence-corrected chi connectivity index (χ1v) is 9.85. The fourth-order valence-corrected chi connectivity index (χ4v) is 4.53. The molecular formula is C20H22N2O3S. The minimum absolute atomic E-state index is 0.0351. The van der Waals surface area contributed by atoms with Crippen LogP contribution in [0, 0.1) is 11.8 Å². The van der Waals surface area contributed by atoms with Gasteiger partial charge in [0.2, 0.25) is 11.8 Å². The fourth-order valence-electron chi connectivity index (χ4n) is 3.63. The molecule has 2 heterocycles. The zero-order chi connectivity index (χ0) is 18.1. The highest BCUT2D eigenvalue weighted by molar-refractivity contribution is 7.10. The van der Waals surface area contributed by atoms with Gasteiger partial charge >= 0.3 is 0 Å². The quantitative estimate of drug-likeness (QED) is 0.821. The summed E-state index contributed by atoms with van der Waals surface area (Å²) >= 11 is 1.52. The molecule has 2 amide bonds. The lowest BCUT2D eigenvalue weighted by molar-refractivity contribution is -0.127. The lowest BCUT2D eigenvalue weighted by atomic mass is 9.95. The molecular weight excluding hydrogens is 348 g/mol. The smallest absolute Gasteiger partial charge is 0.227 e. The topological polar surface area (TPSA) is 69.6 Å². The molecule has 1 saturated carbocycles. The molecule has 1 saturated heterocycles. The molecule has 0 spiro atoms. The van der Waals surface area contributed by atoms with Gasteiger partial charge in [-0.05, 0) is 42.3 Å². The van der Waals surface area contributed by atoms with Gasteiger partial charge in [-0.1, -0.05) is 24.3 Å². The number of amides is 2. The van der Waals surface area contributed by atoms with Crippen LogP contribution in [-0.2, 0) is 15.2 Å². The first-order chi connectivity index (χ1) is 12.6. The van der Waals surface area contributed by atoms with E-state index in [2.05, 4.69) is 5.32 Å². The van der Waals surface area contributed by atoms with E-state index in [4.69, 9.17) is 0 Å². The Kier molecular flexibility index (Phi) is 4.54. The van der Waals surface area contributed by atoms with Gasteiger partial charge in [0.25, 0.3) is 0 Å². The van der Waals surface area contributed by atoms with E-state index < -0.39 is 5.60 Å². The van der Waals surface area contributed by atoms with Gasteiger partial charge in [-0.15, -0.1) is 11.3 Å². The van der Waals surface area contributed by atoms with E-state index in [9.17, 15) is 14.7 Å². The number of nitrogens with zero attached hydrogens (tertiary/aromatic N) is 1. The average molecular weight is 370 g/mol. The third-order valence-electron chi connectivity index (χ3n) is 5.30. The molecule has 2 aromatic rings. The molecule has 2 atom stereocenters. The second kappa shape index (κ2) is 6.85. The Morgan fingerprint density at radius 1 is 1.23 bits per heavy atom. The summed E-state index contributed by atoms with van der Waals surface area (Å²) in [7, 11) is 0. The summed E-state index contributed by atoms with van der Waals surface area (Å²) in [6.07, 6.45) is 2.17. The molecule has 136 valence electrons. The van der Waals surface area contributed by atoms with Crippen LogP contribution in [-0.4, -0.2) is 30.0 Å². The van der Waals surface area contributed by atoms with Crippen LogP contribution < -0.4 is 10.2 Å². The second-order valence-electron chi connectivity index (χ2n) is 7.13. The number of thiophene rings is 1. The van der Waals surface area contributed by atoms with Crippen LogP contribution in [0.1, 0.15) is 24.1 Å². The summed E-state index contributed by atoms with van der Waals surface area (Å²) in [6, 6.07) is 13.3. The third-order valence-corrected chi connectivity index (χ3v) is 6.33. The van der Waals surface area contributed by atoms with Crippen molar-refractivity contribution in [2.75, 3.05) is 18.0 Å². The molecule has 26 heavy (non-hydrogen) atoms. The number of hydrogen-bond acceptors (Lipinski definition) is 4. The maximum atomic E-state index is 12.6. The van der Waals surface area contributed by atoms with E-state index >= 15 is 0 Å². The minimum Gasteiger partial charge on any atom is -0.382 e. The van der Waals surface area contributed by atoms with Gasteiger partial charge in [0.1, 0.15) is 5.60 Å². The van der Waals surface area contributed by atoms with Crippen molar-refractivity contribution >= 4 is 28.8 Å². The summed E-state index contributed by atoms with van der Waals surface area (Å²) < 4.78 is 0.